The zero-order valence-electron chi connectivity index (χ0n) is 14.1. The van der Waals surface area contributed by atoms with Crippen LogP contribution in [0, 0.1) is 0 Å². The van der Waals surface area contributed by atoms with Gasteiger partial charge in [0.2, 0.25) is 5.91 Å². The standard InChI is InChI=1S/C18H25N3O2/c1-4-5-11-23-16-9-8-15(14-7-6-10-19-18(14)16)21-17(22)12-20-13(2)3/h6-10,13,20H,4-5,11-12H2,1-3H3,(H,21,22). The Labute approximate surface area is 137 Å². The summed E-state index contributed by atoms with van der Waals surface area (Å²) in [6.07, 6.45) is 3.83. The molecule has 0 saturated carbocycles. The van der Waals surface area contributed by atoms with Gasteiger partial charge < -0.3 is 15.4 Å². The van der Waals surface area contributed by atoms with Gasteiger partial charge in [-0.2, -0.15) is 0 Å². The fraction of sp³-hybridized carbons (Fsp3) is 0.444. The van der Waals surface area contributed by atoms with Crippen molar-refractivity contribution >= 4 is 22.5 Å². The molecule has 0 unspecified atom stereocenters. The molecule has 0 aliphatic heterocycles. The molecular weight excluding hydrogens is 290 g/mol. The number of hydrogen-bond acceptors (Lipinski definition) is 4. The smallest absolute Gasteiger partial charge is 0.238 e. The van der Waals surface area contributed by atoms with Gasteiger partial charge in [0.25, 0.3) is 0 Å². The normalized spacial score (nSPS) is 11.0. The van der Waals surface area contributed by atoms with Crippen LogP contribution in [0.1, 0.15) is 33.6 Å². The van der Waals surface area contributed by atoms with Crippen molar-refractivity contribution in [1.82, 2.24) is 10.3 Å². The largest absolute Gasteiger partial charge is 0.491 e. The number of carbonyl (C=O) groups excluding carboxylic acids is 1. The van der Waals surface area contributed by atoms with E-state index in [-0.39, 0.29) is 18.5 Å². The van der Waals surface area contributed by atoms with E-state index in [0.29, 0.717) is 6.61 Å². The minimum absolute atomic E-state index is 0.0662. The van der Waals surface area contributed by atoms with Gasteiger partial charge >= 0.3 is 0 Å². The molecule has 0 aliphatic rings. The number of carbonyl (C=O) groups is 1. The lowest BCUT2D eigenvalue weighted by atomic mass is 10.1. The van der Waals surface area contributed by atoms with Crippen molar-refractivity contribution in [2.45, 2.75) is 39.7 Å². The van der Waals surface area contributed by atoms with Crippen molar-refractivity contribution in [2.75, 3.05) is 18.5 Å². The molecule has 2 N–H and O–H groups in total. The molecule has 1 heterocycles. The molecule has 5 heteroatoms. The van der Waals surface area contributed by atoms with Gasteiger partial charge in [0.15, 0.2) is 0 Å². The highest BCUT2D eigenvalue weighted by Gasteiger charge is 2.10. The lowest BCUT2D eigenvalue weighted by Gasteiger charge is -2.13. The summed E-state index contributed by atoms with van der Waals surface area (Å²) in [5, 5.41) is 6.93. The minimum Gasteiger partial charge on any atom is -0.491 e. The number of aromatic nitrogens is 1. The highest BCUT2D eigenvalue weighted by molar-refractivity contribution is 6.03. The number of hydrogen-bond donors (Lipinski definition) is 2. The Morgan fingerprint density at radius 3 is 2.87 bits per heavy atom. The van der Waals surface area contributed by atoms with Crippen LogP contribution < -0.4 is 15.4 Å². The van der Waals surface area contributed by atoms with Crippen molar-refractivity contribution in [3.63, 3.8) is 0 Å². The molecular formula is C18H25N3O2. The fourth-order valence-electron chi connectivity index (χ4n) is 2.19. The van der Waals surface area contributed by atoms with Gasteiger partial charge in [0.1, 0.15) is 11.3 Å². The molecule has 0 bridgehead atoms. The van der Waals surface area contributed by atoms with E-state index in [1.165, 1.54) is 0 Å². The third-order valence-corrected chi connectivity index (χ3v) is 3.43. The fourth-order valence-corrected chi connectivity index (χ4v) is 2.19. The Morgan fingerprint density at radius 2 is 2.13 bits per heavy atom. The number of amides is 1. The van der Waals surface area contributed by atoms with Gasteiger partial charge in [0, 0.05) is 17.6 Å². The molecule has 1 aromatic heterocycles. The number of benzene rings is 1. The molecule has 23 heavy (non-hydrogen) atoms. The number of nitrogens with zero attached hydrogens (tertiary/aromatic N) is 1. The molecule has 0 fully saturated rings. The lowest BCUT2D eigenvalue weighted by molar-refractivity contribution is -0.115. The molecule has 1 amide bonds. The molecule has 2 rings (SSSR count). The van der Waals surface area contributed by atoms with E-state index in [4.69, 9.17) is 4.74 Å². The number of ether oxygens (including phenoxy) is 1. The highest BCUT2D eigenvalue weighted by atomic mass is 16.5. The molecule has 124 valence electrons. The summed E-state index contributed by atoms with van der Waals surface area (Å²) < 4.78 is 5.81. The van der Waals surface area contributed by atoms with Crippen LogP contribution in [0.2, 0.25) is 0 Å². The Balaban J connectivity index is 2.18. The van der Waals surface area contributed by atoms with Crippen molar-refractivity contribution in [2.24, 2.45) is 0 Å². The summed E-state index contributed by atoms with van der Waals surface area (Å²) in [6.45, 7) is 7.11. The van der Waals surface area contributed by atoms with Crippen molar-refractivity contribution < 1.29 is 9.53 Å². The van der Waals surface area contributed by atoms with Gasteiger partial charge in [-0.1, -0.05) is 27.2 Å². The summed E-state index contributed by atoms with van der Waals surface area (Å²) in [4.78, 5) is 16.4. The maximum Gasteiger partial charge on any atom is 0.238 e. The topological polar surface area (TPSA) is 63.2 Å². The van der Waals surface area contributed by atoms with Gasteiger partial charge in [-0.05, 0) is 30.7 Å². The average Bonchev–Trinajstić information content (AvgIpc) is 2.55. The Hall–Kier alpha value is -2.14. The molecule has 2 aromatic rings. The predicted molar refractivity (Wildman–Crippen MR) is 93.9 cm³/mol. The number of rotatable bonds is 8. The van der Waals surface area contributed by atoms with Crippen LogP contribution in [0.15, 0.2) is 30.5 Å². The number of fused-ring (bicyclic) bond motifs is 1. The molecule has 5 nitrogen and oxygen atoms in total. The van der Waals surface area contributed by atoms with E-state index in [0.717, 1.165) is 35.2 Å². The first-order valence-corrected chi connectivity index (χ1v) is 8.15. The first-order valence-electron chi connectivity index (χ1n) is 8.15. The Bertz CT molecular complexity index is 656. The maximum absolute atomic E-state index is 12.0. The summed E-state index contributed by atoms with van der Waals surface area (Å²) in [5.74, 6) is 0.691. The van der Waals surface area contributed by atoms with Crippen LogP contribution in [0.4, 0.5) is 5.69 Å². The molecule has 0 atom stereocenters. The quantitative estimate of drug-likeness (QED) is 0.733. The van der Waals surface area contributed by atoms with E-state index in [9.17, 15) is 4.79 Å². The monoisotopic (exact) mass is 315 g/mol. The van der Waals surface area contributed by atoms with Crippen LogP contribution in [-0.4, -0.2) is 30.1 Å². The van der Waals surface area contributed by atoms with Crippen LogP contribution in [0.25, 0.3) is 10.9 Å². The molecule has 1 aromatic carbocycles. The number of anilines is 1. The first-order chi connectivity index (χ1) is 11.1. The molecule has 0 aliphatic carbocycles. The molecule has 0 spiro atoms. The van der Waals surface area contributed by atoms with E-state index < -0.39 is 0 Å². The number of nitrogens with one attached hydrogen (secondary N) is 2. The second-order valence-electron chi connectivity index (χ2n) is 5.80. The van der Waals surface area contributed by atoms with E-state index in [1.807, 2.05) is 38.1 Å². The maximum atomic E-state index is 12.0. The van der Waals surface area contributed by atoms with E-state index >= 15 is 0 Å². The van der Waals surface area contributed by atoms with Crippen LogP contribution >= 0.6 is 0 Å². The Morgan fingerprint density at radius 1 is 1.30 bits per heavy atom. The van der Waals surface area contributed by atoms with Crippen molar-refractivity contribution in [3.8, 4) is 5.75 Å². The average molecular weight is 315 g/mol. The van der Waals surface area contributed by atoms with Crippen LogP contribution in [-0.2, 0) is 4.79 Å². The summed E-state index contributed by atoms with van der Waals surface area (Å²) >= 11 is 0. The molecule has 0 saturated heterocycles. The second kappa shape index (κ2) is 8.48. The van der Waals surface area contributed by atoms with Crippen LogP contribution in [0.3, 0.4) is 0 Å². The SMILES string of the molecule is CCCCOc1ccc(NC(=O)CNC(C)C)c2cccnc12. The van der Waals surface area contributed by atoms with Gasteiger partial charge in [-0.25, -0.2) is 0 Å². The Kier molecular flexibility index (Phi) is 6.35. The summed E-state index contributed by atoms with van der Waals surface area (Å²) in [7, 11) is 0. The lowest BCUT2D eigenvalue weighted by Crippen LogP contribution is -2.32. The number of unbranched alkanes of at least 4 members (excludes halogenated alkanes) is 1. The predicted octanol–water partition coefficient (Wildman–Crippen LogP) is 3.35. The van der Waals surface area contributed by atoms with E-state index in [2.05, 4.69) is 22.5 Å². The summed E-state index contributed by atoms with van der Waals surface area (Å²) in [5.41, 5.74) is 1.53. The minimum atomic E-state index is -0.0662. The zero-order valence-corrected chi connectivity index (χ0v) is 14.1. The van der Waals surface area contributed by atoms with Crippen molar-refractivity contribution in [1.29, 1.82) is 0 Å². The highest BCUT2D eigenvalue weighted by Crippen LogP contribution is 2.30. The van der Waals surface area contributed by atoms with E-state index in [1.54, 1.807) is 6.20 Å². The van der Waals surface area contributed by atoms with Crippen LogP contribution in [0.5, 0.6) is 5.75 Å². The third kappa shape index (κ3) is 4.93. The molecule has 0 radical (unpaired) electrons. The van der Waals surface area contributed by atoms with Gasteiger partial charge in [0.05, 0.1) is 18.8 Å². The zero-order chi connectivity index (χ0) is 16.7. The van der Waals surface area contributed by atoms with Crippen molar-refractivity contribution in [3.05, 3.63) is 30.5 Å². The first kappa shape index (κ1) is 17.2. The van der Waals surface area contributed by atoms with Gasteiger partial charge in [-0.15, -0.1) is 0 Å². The number of pyridine rings is 1. The summed E-state index contributed by atoms with van der Waals surface area (Å²) in [6, 6.07) is 7.82. The third-order valence-electron chi connectivity index (χ3n) is 3.43. The second-order valence-corrected chi connectivity index (χ2v) is 5.80. The van der Waals surface area contributed by atoms with Gasteiger partial charge in [-0.3, -0.25) is 9.78 Å².